The Morgan fingerprint density at radius 3 is 2.84 bits per heavy atom. The highest BCUT2D eigenvalue weighted by molar-refractivity contribution is 6.31. The van der Waals surface area contributed by atoms with Crippen LogP contribution in [0.2, 0.25) is 5.02 Å². The van der Waals surface area contributed by atoms with Crippen LogP contribution in [0.15, 0.2) is 30.5 Å². The van der Waals surface area contributed by atoms with Gasteiger partial charge in [-0.15, -0.1) is 0 Å². The first-order chi connectivity index (χ1) is 9.04. The van der Waals surface area contributed by atoms with Crippen LogP contribution in [0.3, 0.4) is 0 Å². The number of halogens is 1. The van der Waals surface area contributed by atoms with Crippen molar-refractivity contribution in [3.63, 3.8) is 0 Å². The number of nitrogens with zero attached hydrogens (tertiary/aromatic N) is 2. The van der Waals surface area contributed by atoms with Gasteiger partial charge in [-0.2, -0.15) is 5.10 Å². The maximum Gasteiger partial charge on any atom is 0.226 e. The molecule has 19 heavy (non-hydrogen) atoms. The van der Waals surface area contributed by atoms with Gasteiger partial charge in [-0.05, 0) is 37.6 Å². The maximum atomic E-state index is 11.9. The SMILES string of the molecule is Cc1ccn(CCC(=O)Nc2cc(Cl)ccc2C)n1. The molecule has 0 saturated heterocycles. The van der Waals surface area contributed by atoms with Gasteiger partial charge >= 0.3 is 0 Å². The van der Waals surface area contributed by atoms with E-state index in [9.17, 15) is 4.79 Å². The summed E-state index contributed by atoms with van der Waals surface area (Å²) >= 11 is 5.91. The number of aromatic nitrogens is 2. The molecule has 2 rings (SSSR count). The highest BCUT2D eigenvalue weighted by Crippen LogP contribution is 2.20. The van der Waals surface area contributed by atoms with E-state index >= 15 is 0 Å². The second-order valence-corrected chi connectivity index (χ2v) is 4.91. The Morgan fingerprint density at radius 2 is 2.16 bits per heavy atom. The number of benzene rings is 1. The summed E-state index contributed by atoms with van der Waals surface area (Å²) < 4.78 is 1.76. The molecule has 0 unspecified atom stereocenters. The summed E-state index contributed by atoms with van der Waals surface area (Å²) in [7, 11) is 0. The minimum atomic E-state index is -0.0430. The van der Waals surface area contributed by atoms with Crippen molar-refractivity contribution in [2.24, 2.45) is 0 Å². The molecule has 4 nitrogen and oxygen atoms in total. The van der Waals surface area contributed by atoms with Crippen LogP contribution in [0, 0.1) is 13.8 Å². The van der Waals surface area contributed by atoms with Gasteiger partial charge in [0.05, 0.1) is 5.69 Å². The summed E-state index contributed by atoms with van der Waals surface area (Å²) in [5, 5.41) is 7.71. The molecule has 1 amide bonds. The van der Waals surface area contributed by atoms with Gasteiger partial charge < -0.3 is 5.32 Å². The average Bonchev–Trinajstić information content (AvgIpc) is 2.77. The van der Waals surface area contributed by atoms with Crippen LogP contribution in [0.1, 0.15) is 17.7 Å². The summed E-state index contributed by atoms with van der Waals surface area (Å²) in [6.07, 6.45) is 2.25. The number of carbonyl (C=O) groups excluding carboxylic acids is 1. The number of hydrogen-bond donors (Lipinski definition) is 1. The zero-order valence-electron chi connectivity index (χ0n) is 11.0. The number of anilines is 1. The zero-order valence-corrected chi connectivity index (χ0v) is 11.7. The lowest BCUT2D eigenvalue weighted by molar-refractivity contribution is -0.116. The van der Waals surface area contributed by atoms with Gasteiger partial charge in [0.25, 0.3) is 0 Å². The Bertz CT molecular complexity index is 592. The van der Waals surface area contributed by atoms with Crippen LogP contribution in [0.5, 0.6) is 0 Å². The number of nitrogens with one attached hydrogen (secondary N) is 1. The van der Waals surface area contributed by atoms with Crippen LogP contribution in [-0.2, 0) is 11.3 Å². The lowest BCUT2D eigenvalue weighted by atomic mass is 10.2. The third-order valence-corrected chi connectivity index (χ3v) is 3.05. The van der Waals surface area contributed by atoms with E-state index in [2.05, 4.69) is 10.4 Å². The Labute approximate surface area is 117 Å². The van der Waals surface area contributed by atoms with Gasteiger partial charge in [0.1, 0.15) is 0 Å². The van der Waals surface area contributed by atoms with Gasteiger partial charge in [0.15, 0.2) is 0 Å². The first kappa shape index (κ1) is 13.6. The summed E-state index contributed by atoms with van der Waals surface area (Å²) in [4.78, 5) is 11.9. The van der Waals surface area contributed by atoms with Crippen molar-refractivity contribution in [2.45, 2.75) is 26.8 Å². The summed E-state index contributed by atoms with van der Waals surface area (Å²) in [6.45, 7) is 4.42. The number of amides is 1. The normalized spacial score (nSPS) is 10.5. The second-order valence-electron chi connectivity index (χ2n) is 4.48. The number of carbonyl (C=O) groups is 1. The highest BCUT2D eigenvalue weighted by atomic mass is 35.5. The zero-order chi connectivity index (χ0) is 13.8. The minimum absolute atomic E-state index is 0.0430. The van der Waals surface area contributed by atoms with Crippen LogP contribution in [0.4, 0.5) is 5.69 Å². The molecule has 0 atom stereocenters. The van der Waals surface area contributed by atoms with E-state index in [0.717, 1.165) is 16.9 Å². The molecular weight excluding hydrogens is 262 g/mol. The number of hydrogen-bond acceptors (Lipinski definition) is 2. The van der Waals surface area contributed by atoms with Crippen molar-refractivity contribution >= 4 is 23.2 Å². The molecule has 1 N–H and O–H groups in total. The van der Waals surface area contributed by atoms with E-state index in [1.165, 1.54) is 0 Å². The highest BCUT2D eigenvalue weighted by Gasteiger charge is 2.06. The van der Waals surface area contributed by atoms with Crippen molar-refractivity contribution < 1.29 is 4.79 Å². The molecule has 0 saturated carbocycles. The van der Waals surface area contributed by atoms with Crippen LogP contribution >= 0.6 is 11.6 Å². The summed E-state index contributed by atoms with van der Waals surface area (Å²) in [5.74, 6) is -0.0430. The Morgan fingerprint density at radius 1 is 1.37 bits per heavy atom. The van der Waals surface area contributed by atoms with E-state index in [1.807, 2.05) is 32.2 Å². The summed E-state index contributed by atoms with van der Waals surface area (Å²) in [6, 6.07) is 7.36. The summed E-state index contributed by atoms with van der Waals surface area (Å²) in [5.41, 5.74) is 2.70. The van der Waals surface area contributed by atoms with Gasteiger partial charge in [0.2, 0.25) is 5.91 Å². The Hall–Kier alpha value is -1.81. The van der Waals surface area contributed by atoms with Crippen LogP contribution in [0.25, 0.3) is 0 Å². The largest absolute Gasteiger partial charge is 0.326 e. The maximum absolute atomic E-state index is 11.9. The molecule has 0 aliphatic heterocycles. The molecule has 2 aromatic rings. The van der Waals surface area contributed by atoms with Crippen molar-refractivity contribution in [3.8, 4) is 0 Å². The van der Waals surface area contributed by atoms with Gasteiger partial charge in [-0.1, -0.05) is 17.7 Å². The third kappa shape index (κ3) is 3.83. The molecular formula is C14H16ClN3O. The predicted molar refractivity (Wildman–Crippen MR) is 76.4 cm³/mol. The topological polar surface area (TPSA) is 46.9 Å². The Kier molecular flexibility index (Phi) is 4.22. The van der Waals surface area contributed by atoms with Gasteiger partial charge in [-0.3, -0.25) is 9.48 Å². The average molecular weight is 278 g/mol. The van der Waals surface area contributed by atoms with E-state index < -0.39 is 0 Å². The van der Waals surface area contributed by atoms with Crippen molar-refractivity contribution in [1.82, 2.24) is 9.78 Å². The molecule has 100 valence electrons. The quantitative estimate of drug-likeness (QED) is 0.933. The molecule has 0 fully saturated rings. The van der Waals surface area contributed by atoms with Crippen molar-refractivity contribution in [2.75, 3.05) is 5.32 Å². The predicted octanol–water partition coefficient (Wildman–Crippen LogP) is 3.18. The molecule has 0 aliphatic carbocycles. The fourth-order valence-electron chi connectivity index (χ4n) is 1.75. The fraction of sp³-hybridized carbons (Fsp3) is 0.286. The first-order valence-corrected chi connectivity index (χ1v) is 6.48. The molecule has 1 aromatic heterocycles. The molecule has 0 radical (unpaired) electrons. The van der Waals surface area contributed by atoms with Crippen LogP contribution in [-0.4, -0.2) is 15.7 Å². The monoisotopic (exact) mass is 277 g/mol. The lowest BCUT2D eigenvalue weighted by Gasteiger charge is -2.08. The molecule has 5 heteroatoms. The van der Waals surface area contributed by atoms with Crippen molar-refractivity contribution in [3.05, 3.63) is 46.7 Å². The first-order valence-electron chi connectivity index (χ1n) is 6.10. The van der Waals surface area contributed by atoms with Crippen LogP contribution < -0.4 is 5.32 Å². The molecule has 0 spiro atoms. The van der Waals surface area contributed by atoms with E-state index in [1.54, 1.807) is 16.8 Å². The van der Waals surface area contributed by atoms with Gasteiger partial charge in [0, 0.05) is 29.9 Å². The van der Waals surface area contributed by atoms with Crippen molar-refractivity contribution in [1.29, 1.82) is 0 Å². The molecule has 0 bridgehead atoms. The number of rotatable bonds is 4. The second kappa shape index (κ2) is 5.89. The fourth-order valence-corrected chi connectivity index (χ4v) is 1.92. The third-order valence-electron chi connectivity index (χ3n) is 2.82. The molecule has 0 aliphatic rings. The molecule has 1 aromatic carbocycles. The Balaban J connectivity index is 1.92. The number of aryl methyl sites for hydroxylation is 3. The van der Waals surface area contributed by atoms with E-state index in [-0.39, 0.29) is 5.91 Å². The smallest absolute Gasteiger partial charge is 0.226 e. The molecule has 1 heterocycles. The van der Waals surface area contributed by atoms with Gasteiger partial charge in [-0.25, -0.2) is 0 Å². The van der Waals surface area contributed by atoms with E-state index in [4.69, 9.17) is 11.6 Å². The minimum Gasteiger partial charge on any atom is -0.326 e. The van der Waals surface area contributed by atoms with E-state index in [0.29, 0.717) is 18.0 Å². The standard InChI is InChI=1S/C14H16ClN3O/c1-10-3-4-12(15)9-13(10)16-14(19)6-8-18-7-5-11(2)17-18/h3-5,7,9H,6,8H2,1-2H3,(H,16,19). The lowest BCUT2D eigenvalue weighted by Crippen LogP contribution is -2.15.